The van der Waals surface area contributed by atoms with Gasteiger partial charge in [0.05, 0.1) is 0 Å². The van der Waals surface area contributed by atoms with Crippen LogP contribution in [-0.4, -0.2) is 12.5 Å². The maximum Gasteiger partial charge on any atom is 0.258 e. The van der Waals surface area contributed by atoms with Gasteiger partial charge in [-0.1, -0.05) is 40.2 Å². The third-order valence-corrected chi connectivity index (χ3v) is 4.96. The molecule has 2 aromatic rings. The van der Waals surface area contributed by atoms with Crippen LogP contribution >= 0.6 is 15.9 Å². The molecule has 108 valence electrons. The first-order valence-corrected chi connectivity index (χ1v) is 8.12. The molecule has 1 heterocycles. The lowest BCUT2D eigenvalue weighted by molar-refractivity contribution is 0.0986. The Morgan fingerprint density at radius 3 is 2.76 bits per heavy atom. The smallest absolute Gasteiger partial charge is 0.258 e. The highest BCUT2D eigenvalue weighted by Crippen LogP contribution is 2.29. The molecule has 0 saturated heterocycles. The van der Waals surface area contributed by atoms with Crippen molar-refractivity contribution in [2.45, 2.75) is 26.2 Å². The lowest BCUT2D eigenvalue weighted by Gasteiger charge is -2.24. The Hall–Kier alpha value is -1.61. The van der Waals surface area contributed by atoms with Crippen molar-refractivity contribution in [3.05, 3.63) is 63.6 Å². The Labute approximate surface area is 133 Å². The van der Waals surface area contributed by atoms with Gasteiger partial charge >= 0.3 is 0 Å². The number of amides is 1. The van der Waals surface area contributed by atoms with Crippen LogP contribution in [-0.2, 0) is 6.42 Å². The van der Waals surface area contributed by atoms with E-state index in [0.29, 0.717) is 0 Å². The van der Waals surface area contributed by atoms with Crippen molar-refractivity contribution in [2.24, 2.45) is 0 Å². The van der Waals surface area contributed by atoms with Crippen molar-refractivity contribution in [2.75, 3.05) is 11.4 Å². The number of rotatable bonds is 1. The summed E-state index contributed by atoms with van der Waals surface area (Å²) in [5.41, 5.74) is 4.13. The highest BCUT2D eigenvalue weighted by molar-refractivity contribution is 9.10. The number of hydrogen-bond acceptors (Lipinski definition) is 1. The van der Waals surface area contributed by atoms with Gasteiger partial charge in [-0.3, -0.25) is 4.79 Å². The third kappa shape index (κ3) is 2.75. The quantitative estimate of drug-likeness (QED) is 0.732. The molecule has 0 unspecified atom stereocenters. The number of carbonyl (C=O) groups is 1. The molecule has 2 nitrogen and oxygen atoms in total. The molecule has 0 atom stereocenters. The second kappa shape index (κ2) is 6.02. The minimum absolute atomic E-state index is 0.100. The van der Waals surface area contributed by atoms with E-state index in [2.05, 4.69) is 34.1 Å². The van der Waals surface area contributed by atoms with Gasteiger partial charge < -0.3 is 4.90 Å². The number of nitrogens with zero attached hydrogens (tertiary/aromatic N) is 1. The highest BCUT2D eigenvalue weighted by atomic mass is 79.9. The van der Waals surface area contributed by atoms with Crippen LogP contribution in [0.5, 0.6) is 0 Å². The molecule has 0 fully saturated rings. The summed E-state index contributed by atoms with van der Waals surface area (Å²) in [7, 11) is 0. The van der Waals surface area contributed by atoms with Gasteiger partial charge in [-0.25, -0.2) is 0 Å². The number of fused-ring (bicyclic) bond motifs is 1. The average molecular weight is 344 g/mol. The molecule has 0 N–H and O–H groups in total. The molecule has 1 aliphatic heterocycles. The number of para-hydroxylation sites is 1. The molecule has 2 aromatic carbocycles. The predicted molar refractivity (Wildman–Crippen MR) is 89.9 cm³/mol. The number of anilines is 1. The van der Waals surface area contributed by atoms with Crippen molar-refractivity contribution in [3.63, 3.8) is 0 Å². The van der Waals surface area contributed by atoms with E-state index < -0.39 is 0 Å². The van der Waals surface area contributed by atoms with Gasteiger partial charge in [-0.2, -0.15) is 0 Å². The molecule has 3 rings (SSSR count). The number of hydrogen-bond donors (Lipinski definition) is 0. The highest BCUT2D eigenvalue weighted by Gasteiger charge is 2.23. The first kappa shape index (κ1) is 14.3. The van der Waals surface area contributed by atoms with E-state index in [1.807, 2.05) is 36.1 Å². The van der Waals surface area contributed by atoms with Crippen molar-refractivity contribution in [1.29, 1.82) is 0 Å². The van der Waals surface area contributed by atoms with Crippen LogP contribution in [0, 0.1) is 6.92 Å². The van der Waals surface area contributed by atoms with Crippen LogP contribution in [0.25, 0.3) is 0 Å². The van der Waals surface area contributed by atoms with Crippen molar-refractivity contribution < 1.29 is 4.79 Å². The molecule has 0 saturated carbocycles. The van der Waals surface area contributed by atoms with Crippen LogP contribution in [0.1, 0.15) is 34.3 Å². The SMILES string of the molecule is Cc1c(Br)cccc1C(=O)N1CCCCc2ccccc21. The molecule has 21 heavy (non-hydrogen) atoms. The molecule has 3 heteroatoms. The topological polar surface area (TPSA) is 20.3 Å². The zero-order valence-corrected chi connectivity index (χ0v) is 13.7. The maximum atomic E-state index is 13.0. The summed E-state index contributed by atoms with van der Waals surface area (Å²) in [6, 6.07) is 14.1. The second-order valence-corrected chi connectivity index (χ2v) is 6.31. The average Bonchev–Trinajstić information content (AvgIpc) is 2.72. The van der Waals surface area contributed by atoms with Gasteiger partial charge in [0, 0.05) is 22.3 Å². The zero-order valence-electron chi connectivity index (χ0n) is 12.1. The molecule has 0 aliphatic carbocycles. The zero-order chi connectivity index (χ0) is 14.8. The number of halogens is 1. The van der Waals surface area contributed by atoms with Crippen LogP contribution in [0.15, 0.2) is 46.9 Å². The van der Waals surface area contributed by atoms with E-state index in [-0.39, 0.29) is 5.91 Å². The summed E-state index contributed by atoms with van der Waals surface area (Å²) in [6.07, 6.45) is 3.24. The van der Waals surface area contributed by atoms with Crippen LogP contribution < -0.4 is 4.90 Å². The monoisotopic (exact) mass is 343 g/mol. The molecular weight excluding hydrogens is 326 g/mol. The normalized spacial score (nSPS) is 14.5. The summed E-state index contributed by atoms with van der Waals surface area (Å²) in [5.74, 6) is 0.100. The van der Waals surface area contributed by atoms with Crippen LogP contribution in [0.2, 0.25) is 0 Å². The molecule has 0 spiro atoms. The Morgan fingerprint density at radius 1 is 1.10 bits per heavy atom. The fourth-order valence-electron chi connectivity index (χ4n) is 2.89. The van der Waals surface area contributed by atoms with E-state index in [0.717, 1.165) is 47.1 Å². The predicted octanol–water partition coefficient (Wildman–Crippen LogP) is 4.74. The Kier molecular flexibility index (Phi) is 4.11. The van der Waals surface area contributed by atoms with Crippen molar-refractivity contribution in [3.8, 4) is 0 Å². The lowest BCUT2D eigenvalue weighted by Crippen LogP contribution is -2.32. The summed E-state index contributed by atoms with van der Waals surface area (Å²) >= 11 is 3.51. The van der Waals surface area contributed by atoms with Gasteiger partial charge in [-0.05, 0) is 55.5 Å². The van der Waals surface area contributed by atoms with Gasteiger partial charge in [0.25, 0.3) is 5.91 Å². The first-order chi connectivity index (χ1) is 10.2. The lowest BCUT2D eigenvalue weighted by atomic mass is 10.1. The van der Waals surface area contributed by atoms with Gasteiger partial charge in [0.2, 0.25) is 0 Å². The van der Waals surface area contributed by atoms with Crippen molar-refractivity contribution in [1.82, 2.24) is 0 Å². The van der Waals surface area contributed by atoms with E-state index in [9.17, 15) is 4.79 Å². The fourth-order valence-corrected chi connectivity index (χ4v) is 3.25. The standard InChI is InChI=1S/C18H18BrNO/c1-13-15(9-6-10-16(13)19)18(21)20-12-5-4-8-14-7-2-3-11-17(14)20/h2-3,6-7,9-11H,4-5,8,12H2,1H3. The maximum absolute atomic E-state index is 13.0. The Bertz CT molecular complexity index is 681. The summed E-state index contributed by atoms with van der Waals surface area (Å²) in [6.45, 7) is 2.78. The minimum Gasteiger partial charge on any atom is -0.308 e. The first-order valence-electron chi connectivity index (χ1n) is 7.33. The molecular formula is C18H18BrNO. The second-order valence-electron chi connectivity index (χ2n) is 5.46. The van der Waals surface area contributed by atoms with Gasteiger partial charge in [-0.15, -0.1) is 0 Å². The van der Waals surface area contributed by atoms with Crippen LogP contribution in [0.3, 0.4) is 0 Å². The largest absolute Gasteiger partial charge is 0.308 e. The Morgan fingerprint density at radius 2 is 1.90 bits per heavy atom. The molecule has 0 radical (unpaired) electrons. The van der Waals surface area contributed by atoms with E-state index in [4.69, 9.17) is 0 Å². The third-order valence-electron chi connectivity index (χ3n) is 4.10. The van der Waals surface area contributed by atoms with Gasteiger partial charge in [0.15, 0.2) is 0 Å². The minimum atomic E-state index is 0.100. The van der Waals surface area contributed by atoms with Crippen LogP contribution in [0.4, 0.5) is 5.69 Å². The van der Waals surface area contributed by atoms with E-state index in [1.54, 1.807) is 0 Å². The summed E-state index contributed by atoms with van der Waals surface area (Å²) in [5, 5.41) is 0. The van der Waals surface area contributed by atoms with E-state index >= 15 is 0 Å². The van der Waals surface area contributed by atoms with Gasteiger partial charge in [0.1, 0.15) is 0 Å². The van der Waals surface area contributed by atoms with E-state index in [1.165, 1.54) is 5.56 Å². The number of carbonyl (C=O) groups excluding carboxylic acids is 1. The number of benzene rings is 2. The Balaban J connectivity index is 2.03. The molecule has 1 amide bonds. The molecule has 1 aliphatic rings. The molecule has 0 bridgehead atoms. The fraction of sp³-hybridized carbons (Fsp3) is 0.278. The summed E-state index contributed by atoms with van der Waals surface area (Å²) in [4.78, 5) is 14.9. The summed E-state index contributed by atoms with van der Waals surface area (Å²) < 4.78 is 0.983. The molecule has 0 aromatic heterocycles. The van der Waals surface area contributed by atoms with Crippen molar-refractivity contribution >= 4 is 27.5 Å². The number of aryl methyl sites for hydroxylation is 1.